The van der Waals surface area contributed by atoms with Crippen molar-refractivity contribution in [3.05, 3.63) is 24.3 Å². The minimum Gasteiger partial charge on any atom is -0.481 e. The Bertz CT molecular complexity index is 267. The van der Waals surface area contributed by atoms with Crippen LogP contribution in [0.2, 0.25) is 0 Å². The van der Waals surface area contributed by atoms with Crippen LogP contribution in [0.5, 0.6) is 0 Å². The topological polar surface area (TPSA) is 37.3 Å². The van der Waals surface area contributed by atoms with Gasteiger partial charge in [0.25, 0.3) is 0 Å². The first-order valence-electron chi connectivity index (χ1n) is 8.29. The van der Waals surface area contributed by atoms with Crippen LogP contribution in [0.4, 0.5) is 0 Å². The first-order valence-corrected chi connectivity index (χ1v) is 8.29. The van der Waals surface area contributed by atoms with Gasteiger partial charge in [0.2, 0.25) is 0 Å². The fourth-order valence-electron chi connectivity index (χ4n) is 2.08. The summed E-state index contributed by atoms with van der Waals surface area (Å²) in [6.07, 6.45) is 22.3. The number of carboxylic acid groups (broad SMARTS) is 1. The lowest BCUT2D eigenvalue weighted by Crippen LogP contribution is -1.93. The maximum Gasteiger partial charge on any atom is 0.303 e. The van der Waals surface area contributed by atoms with E-state index in [1.165, 1.54) is 51.4 Å². The molecule has 0 unspecified atom stereocenters. The Morgan fingerprint density at radius 1 is 0.750 bits per heavy atom. The maximum absolute atomic E-state index is 10.3. The zero-order valence-electron chi connectivity index (χ0n) is 13.2. The van der Waals surface area contributed by atoms with Gasteiger partial charge in [-0.25, -0.2) is 0 Å². The predicted octanol–water partition coefficient (Wildman–Crippen LogP) is 5.88. The van der Waals surface area contributed by atoms with E-state index in [9.17, 15) is 4.79 Å². The van der Waals surface area contributed by atoms with Crippen LogP contribution in [0, 0.1) is 0 Å². The van der Waals surface area contributed by atoms with Crippen LogP contribution in [-0.4, -0.2) is 11.1 Å². The highest BCUT2D eigenvalue weighted by Gasteiger charge is 1.96. The smallest absolute Gasteiger partial charge is 0.303 e. The second-order valence-corrected chi connectivity index (χ2v) is 5.36. The average molecular weight is 280 g/mol. The minimum absolute atomic E-state index is 0.329. The number of carboxylic acids is 1. The Morgan fingerprint density at radius 2 is 1.25 bits per heavy atom. The van der Waals surface area contributed by atoms with Crippen molar-refractivity contribution in [3.8, 4) is 0 Å². The Balaban J connectivity index is 3.13. The molecule has 0 rings (SSSR count). The summed E-state index contributed by atoms with van der Waals surface area (Å²) in [6, 6.07) is 0. The van der Waals surface area contributed by atoms with Crippen LogP contribution >= 0.6 is 0 Å². The van der Waals surface area contributed by atoms with Crippen molar-refractivity contribution in [2.45, 2.75) is 84.0 Å². The molecular weight excluding hydrogens is 248 g/mol. The van der Waals surface area contributed by atoms with E-state index in [0.717, 1.165) is 19.3 Å². The summed E-state index contributed by atoms with van der Waals surface area (Å²) in [5, 5.41) is 8.51. The molecule has 0 amide bonds. The fraction of sp³-hybridized carbons (Fsp3) is 0.722. The molecule has 0 fully saturated rings. The van der Waals surface area contributed by atoms with Crippen molar-refractivity contribution in [2.75, 3.05) is 0 Å². The molecule has 0 radical (unpaired) electrons. The number of carbonyl (C=O) groups is 1. The third kappa shape index (κ3) is 16.9. The van der Waals surface area contributed by atoms with E-state index in [4.69, 9.17) is 5.11 Å². The number of allylic oxidation sites excluding steroid dienone is 4. The van der Waals surface area contributed by atoms with Gasteiger partial charge in [-0.15, -0.1) is 0 Å². The molecule has 0 aliphatic rings. The zero-order valence-corrected chi connectivity index (χ0v) is 13.2. The van der Waals surface area contributed by atoms with Crippen molar-refractivity contribution < 1.29 is 9.90 Å². The molecule has 1 N–H and O–H groups in total. The molecule has 0 aromatic rings. The van der Waals surface area contributed by atoms with Gasteiger partial charge in [-0.3, -0.25) is 4.79 Å². The summed E-state index contributed by atoms with van der Waals surface area (Å²) < 4.78 is 0. The summed E-state index contributed by atoms with van der Waals surface area (Å²) in [5.41, 5.74) is 0. The van der Waals surface area contributed by atoms with Crippen LogP contribution in [-0.2, 0) is 4.79 Å². The number of hydrogen-bond donors (Lipinski definition) is 1. The number of rotatable bonds is 14. The lowest BCUT2D eigenvalue weighted by atomic mass is 10.1. The second kappa shape index (κ2) is 16.0. The largest absolute Gasteiger partial charge is 0.481 e. The third-order valence-electron chi connectivity index (χ3n) is 3.30. The van der Waals surface area contributed by atoms with Crippen LogP contribution in [0.1, 0.15) is 84.0 Å². The molecule has 0 aliphatic carbocycles. The standard InChI is InChI=1S/C18H32O2/c1-2-3-4-5-6-7-8-9-10-11-12-13-14-15-16-17-18(19)20/h4-5,8-9H,2-3,6-7,10-17H2,1H3,(H,19,20). The van der Waals surface area contributed by atoms with E-state index in [1.54, 1.807) is 0 Å². The fourth-order valence-corrected chi connectivity index (χ4v) is 2.08. The number of hydrogen-bond acceptors (Lipinski definition) is 1. The van der Waals surface area contributed by atoms with Crippen molar-refractivity contribution in [1.29, 1.82) is 0 Å². The van der Waals surface area contributed by atoms with E-state index in [-0.39, 0.29) is 0 Å². The average Bonchev–Trinajstić information content (AvgIpc) is 2.43. The van der Waals surface area contributed by atoms with Crippen LogP contribution in [0.15, 0.2) is 24.3 Å². The molecule has 0 spiro atoms. The van der Waals surface area contributed by atoms with Gasteiger partial charge in [0.15, 0.2) is 0 Å². The molecular formula is C18H32O2. The molecule has 0 aromatic heterocycles. The maximum atomic E-state index is 10.3. The summed E-state index contributed by atoms with van der Waals surface area (Å²) >= 11 is 0. The minimum atomic E-state index is -0.667. The molecule has 0 aliphatic heterocycles. The molecule has 0 bridgehead atoms. The Kier molecular flexibility index (Phi) is 15.2. The van der Waals surface area contributed by atoms with Crippen LogP contribution in [0.25, 0.3) is 0 Å². The van der Waals surface area contributed by atoms with Gasteiger partial charge in [0.05, 0.1) is 0 Å². The molecule has 20 heavy (non-hydrogen) atoms. The van der Waals surface area contributed by atoms with Gasteiger partial charge in [0.1, 0.15) is 0 Å². The molecule has 0 aromatic carbocycles. The predicted molar refractivity (Wildman–Crippen MR) is 87.0 cm³/mol. The van der Waals surface area contributed by atoms with Crippen molar-refractivity contribution in [2.24, 2.45) is 0 Å². The first kappa shape index (κ1) is 18.9. The lowest BCUT2D eigenvalue weighted by Gasteiger charge is -1.99. The first-order chi connectivity index (χ1) is 9.77. The quantitative estimate of drug-likeness (QED) is 0.318. The Morgan fingerprint density at radius 3 is 1.85 bits per heavy atom. The third-order valence-corrected chi connectivity index (χ3v) is 3.30. The second-order valence-electron chi connectivity index (χ2n) is 5.36. The van der Waals surface area contributed by atoms with Gasteiger partial charge in [-0.05, 0) is 38.5 Å². The summed E-state index contributed by atoms with van der Waals surface area (Å²) in [7, 11) is 0. The highest BCUT2D eigenvalue weighted by molar-refractivity contribution is 5.66. The van der Waals surface area contributed by atoms with Crippen LogP contribution in [0.3, 0.4) is 0 Å². The van der Waals surface area contributed by atoms with Gasteiger partial charge >= 0.3 is 5.97 Å². The number of unbranched alkanes of at least 4 members (excludes halogenated alkanes) is 8. The van der Waals surface area contributed by atoms with Crippen LogP contribution < -0.4 is 0 Å². The molecule has 2 nitrogen and oxygen atoms in total. The number of aliphatic carboxylic acids is 1. The Labute approximate surface area is 125 Å². The molecule has 0 saturated carbocycles. The van der Waals surface area contributed by atoms with Crippen molar-refractivity contribution in [3.63, 3.8) is 0 Å². The van der Waals surface area contributed by atoms with E-state index in [2.05, 4.69) is 31.2 Å². The van der Waals surface area contributed by atoms with Crippen molar-refractivity contribution >= 4 is 5.97 Å². The molecule has 0 saturated heterocycles. The van der Waals surface area contributed by atoms with E-state index < -0.39 is 5.97 Å². The molecule has 2 heteroatoms. The summed E-state index contributed by atoms with van der Waals surface area (Å²) in [5.74, 6) is -0.667. The van der Waals surface area contributed by atoms with Gasteiger partial charge in [-0.2, -0.15) is 0 Å². The summed E-state index contributed by atoms with van der Waals surface area (Å²) in [6.45, 7) is 2.20. The van der Waals surface area contributed by atoms with E-state index in [0.29, 0.717) is 6.42 Å². The molecule has 0 heterocycles. The summed E-state index contributed by atoms with van der Waals surface area (Å²) in [4.78, 5) is 10.3. The highest BCUT2D eigenvalue weighted by Crippen LogP contribution is 2.09. The molecule has 0 atom stereocenters. The Hall–Kier alpha value is -1.05. The lowest BCUT2D eigenvalue weighted by molar-refractivity contribution is -0.137. The van der Waals surface area contributed by atoms with Gasteiger partial charge in [0, 0.05) is 6.42 Å². The van der Waals surface area contributed by atoms with E-state index in [1.807, 2.05) is 0 Å². The highest BCUT2D eigenvalue weighted by atomic mass is 16.4. The monoisotopic (exact) mass is 280 g/mol. The zero-order chi connectivity index (χ0) is 14.9. The van der Waals surface area contributed by atoms with Gasteiger partial charge < -0.3 is 5.11 Å². The van der Waals surface area contributed by atoms with E-state index >= 15 is 0 Å². The molecule has 116 valence electrons. The normalized spacial score (nSPS) is 11.7. The van der Waals surface area contributed by atoms with Crippen molar-refractivity contribution in [1.82, 2.24) is 0 Å². The SMILES string of the molecule is CCCC=CCCC=CCCCCCCCCC(=O)O. The van der Waals surface area contributed by atoms with Gasteiger partial charge in [-0.1, -0.05) is 63.3 Å².